The number of hydrogen-bond acceptors (Lipinski definition) is 4. The highest BCUT2D eigenvalue weighted by atomic mass is 32.2. The van der Waals surface area contributed by atoms with E-state index in [2.05, 4.69) is 68.9 Å². The second kappa shape index (κ2) is 9.66. The molecule has 1 heterocycles. The van der Waals surface area contributed by atoms with Gasteiger partial charge in [0.2, 0.25) is 0 Å². The highest BCUT2D eigenvalue weighted by Crippen LogP contribution is 2.34. The highest BCUT2D eigenvalue weighted by molar-refractivity contribution is 8.12. The van der Waals surface area contributed by atoms with Gasteiger partial charge >= 0.3 is 0 Å². The number of amides is 1. The van der Waals surface area contributed by atoms with Crippen LogP contribution in [0.2, 0.25) is 0 Å². The first-order valence-electron chi connectivity index (χ1n) is 10.0. The minimum Gasteiger partial charge on any atom is -0.401 e. The zero-order valence-electron chi connectivity index (χ0n) is 18.0. The van der Waals surface area contributed by atoms with Crippen LogP contribution in [0.3, 0.4) is 0 Å². The lowest BCUT2D eigenvalue weighted by Gasteiger charge is -2.20. The van der Waals surface area contributed by atoms with E-state index in [-0.39, 0.29) is 11.3 Å². The number of nitrogens with one attached hydrogen (secondary N) is 1. The molecule has 1 fully saturated rings. The molecule has 1 saturated heterocycles. The molecule has 154 valence electrons. The number of rotatable bonds is 7. The van der Waals surface area contributed by atoms with Crippen molar-refractivity contribution in [2.24, 2.45) is 5.73 Å². The Hall–Kier alpha value is -1.72. The van der Waals surface area contributed by atoms with Crippen LogP contribution in [-0.4, -0.2) is 37.0 Å². The van der Waals surface area contributed by atoms with Gasteiger partial charge in [-0.05, 0) is 56.3 Å². The van der Waals surface area contributed by atoms with Gasteiger partial charge in [-0.15, -0.1) is 0 Å². The van der Waals surface area contributed by atoms with Gasteiger partial charge in [0.25, 0.3) is 5.91 Å². The minimum atomic E-state index is -0.113. The Morgan fingerprint density at radius 3 is 2.46 bits per heavy atom. The number of carbonyl (C=O) groups excluding carboxylic acids is 1. The smallest absolute Gasteiger partial charge is 0.259 e. The van der Waals surface area contributed by atoms with Gasteiger partial charge in [0, 0.05) is 23.2 Å². The van der Waals surface area contributed by atoms with E-state index in [9.17, 15) is 4.79 Å². The molecule has 0 bridgehead atoms. The maximum Gasteiger partial charge on any atom is 0.259 e. The fourth-order valence-electron chi connectivity index (χ4n) is 3.42. The van der Waals surface area contributed by atoms with Crippen LogP contribution in [0.15, 0.2) is 41.4 Å². The standard InChI is InChI=1S/C23H35N3OS/c1-16(24)21(22(27)25-14-13-20-8-7-15-26(20)6)28-17(2)18-9-11-19(12-10-18)23(3,4)5/h9-12,20H,2,7-8,13-15,24H2,1,3-6H3,(H,25,27)/b21-16-. The zero-order chi connectivity index (χ0) is 20.9. The van der Waals surface area contributed by atoms with E-state index in [0.29, 0.717) is 23.2 Å². The summed E-state index contributed by atoms with van der Waals surface area (Å²) in [5, 5.41) is 3.03. The lowest BCUT2D eigenvalue weighted by Crippen LogP contribution is -2.32. The van der Waals surface area contributed by atoms with Crippen molar-refractivity contribution in [3.63, 3.8) is 0 Å². The Morgan fingerprint density at radius 1 is 1.32 bits per heavy atom. The van der Waals surface area contributed by atoms with E-state index < -0.39 is 0 Å². The summed E-state index contributed by atoms with van der Waals surface area (Å²) in [7, 11) is 2.15. The molecule has 1 aromatic rings. The van der Waals surface area contributed by atoms with Crippen molar-refractivity contribution >= 4 is 22.6 Å². The predicted octanol–water partition coefficient (Wildman–Crippen LogP) is 4.48. The lowest BCUT2D eigenvalue weighted by atomic mass is 9.87. The molecule has 5 heteroatoms. The average molecular weight is 402 g/mol. The molecule has 0 aliphatic carbocycles. The Balaban J connectivity index is 1.95. The summed E-state index contributed by atoms with van der Waals surface area (Å²) >= 11 is 1.35. The Kier molecular flexibility index (Phi) is 7.79. The average Bonchev–Trinajstić information content (AvgIpc) is 3.03. The molecular formula is C23H35N3OS. The summed E-state index contributed by atoms with van der Waals surface area (Å²) in [6.45, 7) is 14.3. The summed E-state index contributed by atoms with van der Waals surface area (Å²) in [6, 6.07) is 8.94. The molecular weight excluding hydrogens is 366 g/mol. The third kappa shape index (κ3) is 6.14. The van der Waals surface area contributed by atoms with Gasteiger partial charge in [-0.2, -0.15) is 0 Å². The van der Waals surface area contributed by atoms with E-state index >= 15 is 0 Å². The highest BCUT2D eigenvalue weighted by Gasteiger charge is 2.21. The maximum absolute atomic E-state index is 12.7. The van der Waals surface area contributed by atoms with Crippen LogP contribution < -0.4 is 11.1 Å². The second-order valence-electron chi connectivity index (χ2n) is 8.69. The van der Waals surface area contributed by atoms with Crippen LogP contribution in [0.25, 0.3) is 4.91 Å². The van der Waals surface area contributed by atoms with Gasteiger partial charge in [-0.3, -0.25) is 4.79 Å². The van der Waals surface area contributed by atoms with Crippen molar-refractivity contribution in [2.75, 3.05) is 20.1 Å². The quantitative estimate of drug-likeness (QED) is 0.662. The Labute approximate surface area is 174 Å². The topological polar surface area (TPSA) is 58.4 Å². The van der Waals surface area contributed by atoms with Crippen molar-refractivity contribution in [1.29, 1.82) is 0 Å². The van der Waals surface area contributed by atoms with Crippen molar-refractivity contribution in [2.45, 2.75) is 58.4 Å². The first-order chi connectivity index (χ1) is 13.1. The molecule has 1 aromatic carbocycles. The van der Waals surface area contributed by atoms with E-state index in [1.165, 1.54) is 30.2 Å². The lowest BCUT2D eigenvalue weighted by molar-refractivity contribution is -0.116. The number of carbonyl (C=O) groups is 1. The molecule has 0 radical (unpaired) electrons. The van der Waals surface area contributed by atoms with Crippen molar-refractivity contribution in [3.05, 3.63) is 52.6 Å². The van der Waals surface area contributed by atoms with Crippen LogP contribution in [0.5, 0.6) is 0 Å². The number of nitrogens with two attached hydrogens (primary N) is 1. The van der Waals surface area contributed by atoms with Gasteiger partial charge in [0.1, 0.15) is 0 Å². The third-order valence-electron chi connectivity index (χ3n) is 5.30. The second-order valence-corrected chi connectivity index (χ2v) is 9.79. The van der Waals surface area contributed by atoms with E-state index in [4.69, 9.17) is 5.73 Å². The molecule has 1 unspecified atom stereocenters. The number of thioether (sulfide) groups is 1. The SMILES string of the molecule is C=C(S/C(C(=O)NCCC1CCCN1C)=C(/C)N)c1ccc(C(C)(C)C)cc1. The molecule has 1 amide bonds. The number of nitrogens with zero attached hydrogens (tertiary/aromatic N) is 1. The summed E-state index contributed by atoms with van der Waals surface area (Å²) in [6.07, 6.45) is 3.42. The van der Waals surface area contributed by atoms with Crippen LogP contribution >= 0.6 is 11.8 Å². The molecule has 28 heavy (non-hydrogen) atoms. The molecule has 4 nitrogen and oxygen atoms in total. The van der Waals surface area contributed by atoms with Crippen LogP contribution in [0, 0.1) is 0 Å². The maximum atomic E-state index is 12.7. The zero-order valence-corrected chi connectivity index (χ0v) is 18.8. The van der Waals surface area contributed by atoms with Crippen LogP contribution in [0.1, 0.15) is 58.1 Å². The summed E-state index contributed by atoms with van der Waals surface area (Å²) in [5.74, 6) is -0.113. The number of likely N-dealkylation sites (tertiary alicyclic amines) is 1. The van der Waals surface area contributed by atoms with Gasteiger partial charge < -0.3 is 16.0 Å². The fraction of sp³-hybridized carbons (Fsp3) is 0.522. The van der Waals surface area contributed by atoms with Gasteiger partial charge in [-0.1, -0.05) is 63.4 Å². The monoisotopic (exact) mass is 401 g/mol. The van der Waals surface area contributed by atoms with Gasteiger partial charge in [0.05, 0.1) is 4.91 Å². The van der Waals surface area contributed by atoms with E-state index in [1.54, 1.807) is 6.92 Å². The van der Waals surface area contributed by atoms with Crippen molar-refractivity contribution in [1.82, 2.24) is 10.2 Å². The summed E-state index contributed by atoms with van der Waals surface area (Å²) in [5.41, 5.74) is 8.93. The van der Waals surface area contributed by atoms with Crippen molar-refractivity contribution < 1.29 is 4.79 Å². The first kappa shape index (κ1) is 22.6. The molecule has 1 atom stereocenters. The molecule has 0 spiro atoms. The number of hydrogen-bond donors (Lipinski definition) is 2. The predicted molar refractivity (Wildman–Crippen MR) is 122 cm³/mol. The number of benzene rings is 1. The Bertz CT molecular complexity index is 727. The third-order valence-corrected chi connectivity index (χ3v) is 6.49. The summed E-state index contributed by atoms with van der Waals surface area (Å²) in [4.78, 5) is 16.4. The normalized spacial score (nSPS) is 18.7. The fourth-order valence-corrected chi connectivity index (χ4v) is 4.25. The largest absolute Gasteiger partial charge is 0.401 e. The van der Waals surface area contributed by atoms with Crippen molar-refractivity contribution in [3.8, 4) is 0 Å². The van der Waals surface area contributed by atoms with Gasteiger partial charge in [-0.25, -0.2) is 0 Å². The van der Waals surface area contributed by atoms with Gasteiger partial charge in [0.15, 0.2) is 0 Å². The van der Waals surface area contributed by atoms with E-state index in [0.717, 1.165) is 23.4 Å². The van der Waals surface area contributed by atoms with E-state index in [1.807, 2.05) is 0 Å². The Morgan fingerprint density at radius 2 is 1.96 bits per heavy atom. The molecule has 2 rings (SSSR count). The molecule has 3 N–H and O–H groups in total. The van der Waals surface area contributed by atoms with Crippen LogP contribution in [-0.2, 0) is 10.2 Å². The molecule has 0 saturated carbocycles. The number of allylic oxidation sites excluding steroid dienone is 1. The molecule has 0 aromatic heterocycles. The molecule has 1 aliphatic heterocycles. The van der Waals surface area contributed by atoms with Crippen LogP contribution in [0.4, 0.5) is 0 Å². The minimum absolute atomic E-state index is 0.110. The summed E-state index contributed by atoms with van der Waals surface area (Å²) < 4.78 is 0. The molecule has 1 aliphatic rings. The first-order valence-corrected chi connectivity index (χ1v) is 10.8.